The van der Waals surface area contributed by atoms with Gasteiger partial charge in [0.05, 0.1) is 15.6 Å². The second kappa shape index (κ2) is 5.58. The van der Waals surface area contributed by atoms with Gasteiger partial charge in [-0.15, -0.1) is 0 Å². The highest BCUT2D eigenvalue weighted by atomic mass is 35.5. The highest BCUT2D eigenvalue weighted by molar-refractivity contribution is 6.36. The van der Waals surface area contributed by atoms with Crippen LogP contribution in [-0.2, 0) is 15.3 Å². The highest BCUT2D eigenvalue weighted by Gasteiger charge is 2.38. The van der Waals surface area contributed by atoms with Crippen molar-refractivity contribution in [2.45, 2.75) is 19.1 Å². The predicted octanol–water partition coefficient (Wildman–Crippen LogP) is 3.30. The Balaban J connectivity index is 3.36. The van der Waals surface area contributed by atoms with E-state index in [2.05, 4.69) is 0 Å². The van der Waals surface area contributed by atoms with Crippen molar-refractivity contribution in [3.63, 3.8) is 0 Å². The van der Waals surface area contributed by atoms with Gasteiger partial charge in [-0.25, -0.2) is 4.79 Å². The number of halogens is 2. The molecule has 1 aromatic rings. The van der Waals surface area contributed by atoms with Crippen molar-refractivity contribution in [1.29, 1.82) is 0 Å². The zero-order valence-corrected chi connectivity index (χ0v) is 11.0. The Morgan fingerprint density at radius 1 is 1.41 bits per heavy atom. The third-order valence-corrected chi connectivity index (χ3v) is 3.03. The summed E-state index contributed by atoms with van der Waals surface area (Å²) < 4.78 is 10.3. The summed E-state index contributed by atoms with van der Waals surface area (Å²) in [5.74, 6) is -1.36. The summed E-state index contributed by atoms with van der Waals surface area (Å²) in [6, 6.07) is 4.96. The van der Waals surface area contributed by atoms with Crippen LogP contribution in [0.5, 0.6) is 0 Å². The molecule has 4 nitrogen and oxygen atoms in total. The number of primary amides is 1. The van der Waals surface area contributed by atoms with Crippen LogP contribution < -0.4 is 5.73 Å². The normalized spacial score (nSPS) is 14.1. The number of carbonyl (C=O) groups excluding carboxylic acids is 1. The lowest BCUT2D eigenvalue weighted by molar-refractivity contribution is -0.193. The van der Waals surface area contributed by atoms with E-state index in [1.807, 2.05) is 0 Å². The molecule has 0 radical (unpaired) electrons. The molecule has 0 aliphatic heterocycles. The standard InChI is InChI=1S/C11H13Cl2NO3/c1-3-11(16-2,17-10(14)15)9-7(12)5-4-6-8(9)13/h4-6H,3H2,1-2H3,(H2,14,15)/t11-/m0/s1. The van der Waals surface area contributed by atoms with Gasteiger partial charge in [-0.05, 0) is 12.1 Å². The molecular formula is C11H13Cl2NO3. The van der Waals surface area contributed by atoms with E-state index in [0.717, 1.165) is 0 Å². The maximum Gasteiger partial charge on any atom is 0.407 e. The van der Waals surface area contributed by atoms with Crippen molar-refractivity contribution >= 4 is 29.3 Å². The number of hydrogen-bond acceptors (Lipinski definition) is 3. The minimum absolute atomic E-state index is 0.329. The molecular weight excluding hydrogens is 265 g/mol. The van der Waals surface area contributed by atoms with Crippen molar-refractivity contribution in [3.05, 3.63) is 33.8 Å². The van der Waals surface area contributed by atoms with Crippen LogP contribution in [0.4, 0.5) is 4.79 Å². The molecule has 2 N–H and O–H groups in total. The average molecular weight is 278 g/mol. The lowest BCUT2D eigenvalue weighted by Gasteiger charge is -2.31. The molecule has 0 aromatic heterocycles. The van der Waals surface area contributed by atoms with Crippen LogP contribution in [-0.4, -0.2) is 13.2 Å². The van der Waals surface area contributed by atoms with E-state index in [4.69, 9.17) is 38.4 Å². The highest BCUT2D eigenvalue weighted by Crippen LogP contribution is 2.39. The molecule has 6 heteroatoms. The van der Waals surface area contributed by atoms with Crippen LogP contribution in [0.1, 0.15) is 18.9 Å². The maximum absolute atomic E-state index is 11.0. The summed E-state index contributed by atoms with van der Waals surface area (Å²) in [5.41, 5.74) is 5.44. The van der Waals surface area contributed by atoms with Gasteiger partial charge in [0.15, 0.2) is 0 Å². The van der Waals surface area contributed by atoms with E-state index in [-0.39, 0.29) is 0 Å². The number of nitrogens with two attached hydrogens (primary N) is 1. The lowest BCUT2D eigenvalue weighted by atomic mass is 10.0. The molecule has 0 saturated heterocycles. The van der Waals surface area contributed by atoms with Crippen molar-refractivity contribution in [3.8, 4) is 0 Å². The Labute approximate surface area is 110 Å². The molecule has 0 unspecified atom stereocenters. The monoisotopic (exact) mass is 277 g/mol. The van der Waals surface area contributed by atoms with Gasteiger partial charge in [0.1, 0.15) is 0 Å². The number of carbonyl (C=O) groups is 1. The van der Waals surface area contributed by atoms with Crippen LogP contribution in [0.3, 0.4) is 0 Å². The molecule has 0 heterocycles. The first-order valence-electron chi connectivity index (χ1n) is 4.95. The maximum atomic E-state index is 11.0. The second-order valence-corrected chi connectivity index (χ2v) is 4.14. The fraction of sp³-hybridized carbons (Fsp3) is 0.364. The molecule has 94 valence electrons. The van der Waals surface area contributed by atoms with Gasteiger partial charge in [0.25, 0.3) is 0 Å². The van der Waals surface area contributed by atoms with Crippen molar-refractivity contribution in [1.82, 2.24) is 0 Å². The summed E-state index contributed by atoms with van der Waals surface area (Å²) in [6.07, 6.45) is -0.625. The third kappa shape index (κ3) is 2.83. The number of hydrogen-bond donors (Lipinski definition) is 1. The first-order valence-corrected chi connectivity index (χ1v) is 5.70. The fourth-order valence-corrected chi connectivity index (χ4v) is 2.30. The Bertz CT molecular complexity index is 399. The number of rotatable bonds is 4. The zero-order valence-electron chi connectivity index (χ0n) is 9.50. The van der Waals surface area contributed by atoms with Gasteiger partial charge in [-0.3, -0.25) is 0 Å². The molecule has 1 rings (SSSR count). The van der Waals surface area contributed by atoms with E-state index >= 15 is 0 Å². The number of methoxy groups -OCH3 is 1. The zero-order chi connectivity index (χ0) is 13.1. The summed E-state index contributed by atoms with van der Waals surface area (Å²) >= 11 is 12.1. The van der Waals surface area contributed by atoms with E-state index < -0.39 is 11.9 Å². The Morgan fingerprint density at radius 3 is 2.29 bits per heavy atom. The van der Waals surface area contributed by atoms with Crippen molar-refractivity contribution in [2.75, 3.05) is 7.11 Å². The topological polar surface area (TPSA) is 61.6 Å². The Kier molecular flexibility index (Phi) is 4.62. The van der Waals surface area contributed by atoms with Crippen LogP contribution in [0.15, 0.2) is 18.2 Å². The third-order valence-electron chi connectivity index (χ3n) is 2.40. The van der Waals surface area contributed by atoms with E-state index in [9.17, 15) is 4.79 Å². The van der Waals surface area contributed by atoms with Crippen molar-refractivity contribution in [2.24, 2.45) is 5.73 Å². The quantitative estimate of drug-likeness (QED) is 0.859. The summed E-state index contributed by atoms with van der Waals surface area (Å²) in [6.45, 7) is 1.77. The molecule has 0 spiro atoms. The van der Waals surface area contributed by atoms with Gasteiger partial charge in [-0.1, -0.05) is 36.2 Å². The molecule has 17 heavy (non-hydrogen) atoms. The molecule has 0 aliphatic carbocycles. The molecule has 0 bridgehead atoms. The van der Waals surface area contributed by atoms with Crippen LogP contribution in [0.25, 0.3) is 0 Å². The Hall–Kier alpha value is -0.970. The van der Waals surface area contributed by atoms with Crippen LogP contribution in [0.2, 0.25) is 10.0 Å². The fourth-order valence-electron chi connectivity index (χ4n) is 1.61. The first kappa shape index (κ1) is 14.1. The number of ether oxygens (including phenoxy) is 2. The molecule has 0 saturated carbocycles. The summed E-state index contributed by atoms with van der Waals surface area (Å²) in [4.78, 5) is 11.0. The van der Waals surface area contributed by atoms with Crippen LogP contribution >= 0.6 is 23.2 Å². The predicted molar refractivity (Wildman–Crippen MR) is 66.1 cm³/mol. The van der Waals surface area contributed by atoms with Gasteiger partial charge in [0.2, 0.25) is 5.79 Å². The van der Waals surface area contributed by atoms with E-state index in [1.54, 1.807) is 25.1 Å². The van der Waals surface area contributed by atoms with Gasteiger partial charge in [0, 0.05) is 13.5 Å². The summed E-state index contributed by atoms with van der Waals surface area (Å²) in [5, 5.41) is 0.699. The van der Waals surface area contributed by atoms with E-state index in [1.165, 1.54) is 7.11 Å². The van der Waals surface area contributed by atoms with Crippen LogP contribution in [0, 0.1) is 0 Å². The molecule has 0 aliphatic rings. The minimum Gasteiger partial charge on any atom is -0.412 e. The smallest absolute Gasteiger partial charge is 0.407 e. The summed E-state index contributed by atoms with van der Waals surface area (Å²) in [7, 11) is 1.39. The minimum atomic E-state index is -1.36. The lowest BCUT2D eigenvalue weighted by Crippen LogP contribution is -2.36. The van der Waals surface area contributed by atoms with Crippen molar-refractivity contribution < 1.29 is 14.3 Å². The number of benzene rings is 1. The number of amides is 1. The molecule has 1 atom stereocenters. The molecule has 1 aromatic carbocycles. The van der Waals surface area contributed by atoms with Gasteiger partial charge in [-0.2, -0.15) is 0 Å². The van der Waals surface area contributed by atoms with Gasteiger partial charge >= 0.3 is 6.09 Å². The van der Waals surface area contributed by atoms with E-state index in [0.29, 0.717) is 22.0 Å². The SMILES string of the molecule is CC[C@](OC)(OC(N)=O)c1c(Cl)cccc1Cl. The van der Waals surface area contributed by atoms with Gasteiger partial charge < -0.3 is 15.2 Å². The average Bonchev–Trinajstić information content (AvgIpc) is 2.26. The Morgan fingerprint density at radius 2 is 1.94 bits per heavy atom. The second-order valence-electron chi connectivity index (χ2n) is 3.33. The largest absolute Gasteiger partial charge is 0.412 e. The molecule has 0 fully saturated rings. The molecule has 1 amide bonds. The first-order chi connectivity index (χ1) is 7.96.